The standard InChI is InChI=1S/C37H45ClFNO3/c1-2-3-4-5-6-7-8-11-36(42)43-37(32-18-12-29(13-19-32)30-14-20-33(38)21-15-30)24-27-40(28-25-37)26-9-10-35(41)31-16-22-34(39)23-17-31/h12-23H,2-11,24-28H2,1H3/i1D3,2D2,3D2,4D2,5D2,6D2,7D2,8D2,11D2. The van der Waals surface area contributed by atoms with Crippen LogP contribution in [-0.4, -0.2) is 36.3 Å². The number of likely N-dealkylation sites (tertiary alicyclic amines) is 1. The largest absolute Gasteiger partial charge is 0.454 e. The van der Waals surface area contributed by atoms with Gasteiger partial charge in [0.25, 0.3) is 0 Å². The predicted molar refractivity (Wildman–Crippen MR) is 173 cm³/mol. The average Bonchev–Trinajstić information content (AvgIpc) is 3.18. The first kappa shape index (κ1) is 15.8. The predicted octanol–water partition coefficient (Wildman–Crippen LogP) is 9.78. The molecule has 1 aliphatic rings. The molecule has 4 rings (SSSR count). The maximum Gasteiger partial charge on any atom is 0.306 e. The second kappa shape index (κ2) is 16.7. The van der Waals surface area contributed by atoms with Crippen molar-refractivity contribution in [3.05, 3.63) is 94.8 Å². The smallest absolute Gasteiger partial charge is 0.306 e. The molecule has 1 heterocycles. The highest BCUT2D eigenvalue weighted by atomic mass is 35.5. The molecule has 0 aliphatic carbocycles. The summed E-state index contributed by atoms with van der Waals surface area (Å²) < 4.78 is 174. The fourth-order valence-corrected chi connectivity index (χ4v) is 5.01. The van der Waals surface area contributed by atoms with Crippen molar-refractivity contribution in [3.63, 3.8) is 0 Å². The Morgan fingerprint density at radius 1 is 0.884 bits per heavy atom. The van der Waals surface area contributed by atoms with E-state index in [9.17, 15) is 14.0 Å². The molecule has 0 N–H and O–H groups in total. The Morgan fingerprint density at radius 2 is 1.49 bits per heavy atom. The molecule has 1 saturated heterocycles. The van der Waals surface area contributed by atoms with E-state index >= 15 is 0 Å². The minimum absolute atomic E-state index is 0.0545. The molecule has 0 bridgehead atoms. The van der Waals surface area contributed by atoms with Crippen LogP contribution < -0.4 is 0 Å². The highest BCUT2D eigenvalue weighted by Crippen LogP contribution is 2.38. The third-order valence-electron chi connectivity index (χ3n) is 7.12. The van der Waals surface area contributed by atoms with Crippen LogP contribution in [0.4, 0.5) is 4.39 Å². The number of esters is 1. The van der Waals surface area contributed by atoms with Crippen LogP contribution in [-0.2, 0) is 15.1 Å². The second-order valence-electron chi connectivity index (χ2n) is 9.84. The summed E-state index contributed by atoms with van der Waals surface area (Å²) in [6.07, 6.45) is -35.5. The first-order valence-corrected chi connectivity index (χ1v) is 14.0. The van der Waals surface area contributed by atoms with Crippen LogP contribution in [0.3, 0.4) is 0 Å². The number of rotatable bonds is 16. The van der Waals surface area contributed by atoms with Crippen molar-refractivity contribution in [2.24, 2.45) is 0 Å². The minimum atomic E-state index is -4.67. The van der Waals surface area contributed by atoms with Gasteiger partial charge in [0, 0.05) is 75.4 Å². The maximum atomic E-state index is 14.0. The lowest BCUT2D eigenvalue weighted by molar-refractivity contribution is -0.167. The number of Topliss-reactive ketones (excluding diaryl/α,β-unsaturated/α-hetero) is 1. The van der Waals surface area contributed by atoms with Crippen LogP contribution in [0.2, 0.25) is 5.02 Å². The number of carbonyl (C=O) groups is 2. The molecule has 0 spiro atoms. The highest BCUT2D eigenvalue weighted by molar-refractivity contribution is 6.30. The second-order valence-corrected chi connectivity index (χ2v) is 10.3. The normalized spacial score (nSPS) is 24.4. The van der Waals surface area contributed by atoms with Gasteiger partial charge >= 0.3 is 5.97 Å². The molecule has 43 heavy (non-hydrogen) atoms. The molecule has 4 nitrogen and oxygen atoms in total. The summed E-state index contributed by atoms with van der Waals surface area (Å²) in [6.45, 7) is -3.23. The number of carbonyl (C=O) groups excluding carboxylic acids is 2. The summed E-state index contributed by atoms with van der Waals surface area (Å²) >= 11 is 6.03. The summed E-state index contributed by atoms with van der Waals surface area (Å²) in [7, 11) is 0. The van der Waals surface area contributed by atoms with Gasteiger partial charge in [0.05, 0.1) is 0 Å². The van der Waals surface area contributed by atoms with Crippen molar-refractivity contribution in [2.75, 3.05) is 19.6 Å². The zero-order chi connectivity index (χ0) is 47.3. The van der Waals surface area contributed by atoms with Crippen molar-refractivity contribution < 1.29 is 44.8 Å². The van der Waals surface area contributed by atoms with E-state index in [1.165, 1.54) is 24.3 Å². The monoisotopic (exact) mass is 624 g/mol. The van der Waals surface area contributed by atoms with Gasteiger partial charge in [-0.1, -0.05) is 93.1 Å². The van der Waals surface area contributed by atoms with Gasteiger partial charge in [-0.15, -0.1) is 0 Å². The van der Waals surface area contributed by atoms with Gasteiger partial charge in [0.15, 0.2) is 5.78 Å². The Bertz CT molecular complexity index is 2070. The minimum Gasteiger partial charge on any atom is -0.454 e. The molecular formula is C37H45ClFNO3. The lowest BCUT2D eigenvalue weighted by Gasteiger charge is -2.41. The van der Waals surface area contributed by atoms with Crippen molar-refractivity contribution >= 4 is 23.4 Å². The fourth-order valence-electron chi connectivity index (χ4n) is 4.88. The lowest BCUT2D eigenvalue weighted by atomic mass is 9.83. The third kappa shape index (κ3) is 10.0. The molecule has 0 radical (unpaired) electrons. The molecule has 3 aromatic rings. The van der Waals surface area contributed by atoms with Crippen LogP contribution in [0, 0.1) is 5.82 Å². The number of benzene rings is 3. The number of hydrogen-bond acceptors (Lipinski definition) is 4. The number of halogens is 2. The first-order valence-electron chi connectivity index (χ1n) is 23.2. The molecule has 0 amide bonds. The molecular weight excluding hydrogens is 561 g/mol. The summed E-state index contributed by atoms with van der Waals surface area (Å²) in [4.78, 5) is 28.6. The van der Waals surface area contributed by atoms with Crippen molar-refractivity contribution in [2.45, 2.75) is 89.1 Å². The van der Waals surface area contributed by atoms with E-state index in [1.807, 2.05) is 4.90 Å². The highest BCUT2D eigenvalue weighted by Gasteiger charge is 2.39. The number of hydrogen-bond donors (Lipinski definition) is 0. The van der Waals surface area contributed by atoms with E-state index in [4.69, 9.17) is 42.4 Å². The summed E-state index contributed by atoms with van der Waals surface area (Å²) in [6, 6.07) is 18.4. The fraction of sp³-hybridized carbons (Fsp3) is 0.459. The van der Waals surface area contributed by atoms with Gasteiger partial charge in [0.1, 0.15) is 11.4 Å². The van der Waals surface area contributed by atoms with Gasteiger partial charge in [-0.05, 0) is 72.4 Å². The lowest BCUT2D eigenvalue weighted by Crippen LogP contribution is -2.45. The first-order chi connectivity index (χ1) is 28.1. The van der Waals surface area contributed by atoms with Crippen LogP contribution in [0.15, 0.2) is 72.8 Å². The Labute approximate surface area is 288 Å². The van der Waals surface area contributed by atoms with Crippen molar-refractivity contribution in [1.29, 1.82) is 0 Å². The molecule has 1 fully saturated rings. The van der Waals surface area contributed by atoms with Crippen LogP contribution in [0.1, 0.15) is 125 Å². The van der Waals surface area contributed by atoms with Gasteiger partial charge in [-0.3, -0.25) is 9.59 Å². The molecule has 0 aromatic heterocycles. The van der Waals surface area contributed by atoms with Gasteiger partial charge in [-0.2, -0.15) is 0 Å². The Balaban J connectivity index is 1.66. The summed E-state index contributed by atoms with van der Waals surface area (Å²) in [5.41, 5.74) is 0.359. The molecule has 230 valence electrons. The molecule has 3 aromatic carbocycles. The number of nitrogens with zero attached hydrogens (tertiary/aromatic N) is 1. The van der Waals surface area contributed by atoms with Gasteiger partial charge in [0.2, 0.25) is 0 Å². The van der Waals surface area contributed by atoms with Crippen molar-refractivity contribution in [3.8, 4) is 11.1 Å². The van der Waals surface area contributed by atoms with Crippen LogP contribution in [0.5, 0.6) is 0 Å². The van der Waals surface area contributed by atoms with E-state index in [2.05, 4.69) is 0 Å². The van der Waals surface area contributed by atoms with E-state index < -0.39 is 75.2 Å². The third-order valence-corrected chi connectivity index (χ3v) is 7.38. The van der Waals surface area contributed by atoms with Crippen LogP contribution in [0.25, 0.3) is 11.1 Å². The zero-order valence-electron chi connectivity index (χ0n) is 42.3. The number of piperidine rings is 1. The molecule has 1 aliphatic heterocycles. The summed E-state index contributed by atoms with van der Waals surface area (Å²) in [5, 5.41) is 0.487. The summed E-state index contributed by atoms with van der Waals surface area (Å²) in [5.74, 6) is -2.77. The zero-order valence-corrected chi connectivity index (χ0v) is 24.1. The van der Waals surface area contributed by atoms with E-state index in [-0.39, 0.29) is 38.1 Å². The van der Waals surface area contributed by atoms with Gasteiger partial charge in [-0.25, -0.2) is 4.39 Å². The molecule has 0 unspecified atom stereocenters. The quantitative estimate of drug-likeness (QED) is 0.118. The van der Waals surface area contributed by atoms with E-state index in [0.29, 0.717) is 34.7 Å². The van der Waals surface area contributed by atoms with Crippen molar-refractivity contribution in [1.82, 2.24) is 4.90 Å². The number of ether oxygens (including phenoxy) is 1. The van der Waals surface area contributed by atoms with E-state index in [1.54, 1.807) is 48.5 Å². The average molecular weight is 625 g/mol. The topological polar surface area (TPSA) is 46.6 Å². The van der Waals surface area contributed by atoms with E-state index in [0.717, 1.165) is 5.56 Å². The van der Waals surface area contributed by atoms with Crippen LogP contribution >= 0.6 is 11.6 Å². The molecule has 6 heteroatoms. The SMILES string of the molecule is [2H]C([2H])([2H])C([2H])([2H])C([2H])([2H])C([2H])([2H])C([2H])([2H])C([2H])([2H])C([2H])([2H])C([2H])([2H])C([2H])([2H])C(=O)OC1(c2ccc(-c3ccc(Cl)cc3)cc2)CCN(CCCC(=O)c2ccc(F)cc2)CC1. The Kier molecular flexibility index (Phi) is 6.15. The maximum absolute atomic E-state index is 14.0. The Hall–Kier alpha value is -3.02. The van der Waals surface area contributed by atoms with Gasteiger partial charge < -0.3 is 9.64 Å². The molecule has 0 atom stereocenters. The Morgan fingerprint density at radius 3 is 2.14 bits per heavy atom. The molecule has 0 saturated carbocycles. The number of ketones is 1.